The first-order valence-electron chi connectivity index (χ1n) is 11.3. The minimum atomic E-state index is -0.200. The van der Waals surface area contributed by atoms with Crippen LogP contribution in [0.25, 0.3) is 16.7 Å². The van der Waals surface area contributed by atoms with Gasteiger partial charge in [0.25, 0.3) is 5.56 Å². The first-order chi connectivity index (χ1) is 17.0. The van der Waals surface area contributed by atoms with Crippen molar-refractivity contribution >= 4 is 40.0 Å². The number of amides is 1. The van der Waals surface area contributed by atoms with Gasteiger partial charge in [0.1, 0.15) is 0 Å². The number of hydrogen-bond acceptors (Lipinski definition) is 8. The van der Waals surface area contributed by atoms with Gasteiger partial charge in [-0.25, -0.2) is 0 Å². The molecule has 0 aliphatic carbocycles. The van der Waals surface area contributed by atoms with Gasteiger partial charge in [0.2, 0.25) is 18.5 Å². The number of nitrogens with one attached hydrogen (secondary N) is 1. The van der Waals surface area contributed by atoms with E-state index in [1.54, 1.807) is 28.8 Å². The Hall–Kier alpha value is -3.57. The van der Waals surface area contributed by atoms with Gasteiger partial charge in [-0.2, -0.15) is 0 Å². The lowest BCUT2D eigenvalue weighted by atomic mass is 10.2. The van der Waals surface area contributed by atoms with Crippen molar-refractivity contribution in [2.45, 2.75) is 38.1 Å². The summed E-state index contributed by atoms with van der Waals surface area (Å²) in [5.41, 5.74) is 1.20. The summed E-state index contributed by atoms with van der Waals surface area (Å²) < 4.78 is 19.7. The van der Waals surface area contributed by atoms with E-state index in [0.29, 0.717) is 58.6 Å². The van der Waals surface area contributed by atoms with Gasteiger partial charge in [-0.15, -0.1) is 10.2 Å². The van der Waals surface area contributed by atoms with Crippen LogP contribution >= 0.6 is 11.8 Å². The Morgan fingerprint density at radius 2 is 2.00 bits per heavy atom. The summed E-state index contributed by atoms with van der Waals surface area (Å²) in [5.74, 6) is 1.61. The van der Waals surface area contributed by atoms with Gasteiger partial charge in [0, 0.05) is 24.9 Å². The number of ether oxygens (including phenoxy) is 3. The fourth-order valence-corrected chi connectivity index (χ4v) is 4.61. The highest BCUT2D eigenvalue weighted by Gasteiger charge is 2.18. The number of aryl methyl sites for hydroxylation is 1. The average molecular weight is 496 g/mol. The van der Waals surface area contributed by atoms with Crippen molar-refractivity contribution in [3.8, 4) is 11.5 Å². The molecule has 1 aliphatic heterocycles. The number of carbonyl (C=O) groups is 1. The number of benzene rings is 2. The van der Waals surface area contributed by atoms with Crippen molar-refractivity contribution < 1.29 is 19.0 Å². The average Bonchev–Trinajstić information content (AvgIpc) is 3.49. The lowest BCUT2D eigenvalue weighted by molar-refractivity contribution is -0.113. The van der Waals surface area contributed by atoms with Crippen molar-refractivity contribution in [3.63, 3.8) is 0 Å². The molecule has 1 aliphatic rings. The number of nitrogens with zero attached hydrogens (tertiary/aromatic N) is 4. The molecule has 0 spiro atoms. The van der Waals surface area contributed by atoms with Crippen molar-refractivity contribution in [1.29, 1.82) is 0 Å². The van der Waals surface area contributed by atoms with Crippen LogP contribution in [0.15, 0.2) is 52.4 Å². The number of anilines is 1. The highest BCUT2D eigenvalue weighted by molar-refractivity contribution is 7.99. The topological polar surface area (TPSA) is 109 Å². The highest BCUT2D eigenvalue weighted by atomic mass is 32.2. The van der Waals surface area contributed by atoms with Crippen LogP contribution in [0.3, 0.4) is 0 Å². The summed E-state index contributed by atoms with van der Waals surface area (Å²) in [5, 5.41) is 12.6. The summed E-state index contributed by atoms with van der Waals surface area (Å²) in [6, 6.07) is 12.6. The largest absolute Gasteiger partial charge is 0.454 e. The van der Waals surface area contributed by atoms with Gasteiger partial charge >= 0.3 is 0 Å². The zero-order valence-corrected chi connectivity index (χ0v) is 20.2. The monoisotopic (exact) mass is 495 g/mol. The molecule has 3 heterocycles. The fraction of sp³-hybridized carbons (Fsp3) is 0.333. The number of carbonyl (C=O) groups excluding carboxylic acids is 1. The maximum Gasteiger partial charge on any atom is 0.262 e. The zero-order chi connectivity index (χ0) is 24.4. The molecule has 2 aromatic carbocycles. The molecule has 0 atom stereocenters. The molecule has 1 amide bonds. The molecule has 182 valence electrons. The van der Waals surface area contributed by atoms with E-state index in [4.69, 9.17) is 14.2 Å². The van der Waals surface area contributed by atoms with Gasteiger partial charge < -0.3 is 19.5 Å². The number of aromatic nitrogens is 4. The molecule has 4 aromatic rings. The van der Waals surface area contributed by atoms with Gasteiger partial charge in [-0.1, -0.05) is 23.9 Å². The van der Waals surface area contributed by atoms with E-state index >= 15 is 0 Å². The molecular formula is C24H25N5O5S. The van der Waals surface area contributed by atoms with E-state index in [2.05, 4.69) is 15.5 Å². The van der Waals surface area contributed by atoms with Gasteiger partial charge in [-0.05, 0) is 44.5 Å². The molecular weight excluding hydrogens is 470 g/mol. The fourth-order valence-electron chi connectivity index (χ4n) is 3.87. The third kappa shape index (κ3) is 4.82. The Morgan fingerprint density at radius 1 is 1.17 bits per heavy atom. The SMILES string of the molecule is CC(C)OCCCn1c(=O)c2ccccc2n2c(SCC(=O)Nc3ccc4c(c3)OCO4)nnc12. The summed E-state index contributed by atoms with van der Waals surface area (Å²) in [7, 11) is 0. The number of fused-ring (bicyclic) bond motifs is 4. The second kappa shape index (κ2) is 9.96. The van der Waals surface area contributed by atoms with Crippen LogP contribution in [0.4, 0.5) is 5.69 Å². The predicted molar refractivity (Wildman–Crippen MR) is 132 cm³/mol. The van der Waals surface area contributed by atoms with Crippen molar-refractivity contribution in [3.05, 3.63) is 52.8 Å². The second-order valence-electron chi connectivity index (χ2n) is 8.27. The van der Waals surface area contributed by atoms with E-state index in [1.165, 1.54) is 11.8 Å². The van der Waals surface area contributed by atoms with E-state index < -0.39 is 0 Å². The Morgan fingerprint density at radius 3 is 2.86 bits per heavy atom. The van der Waals surface area contributed by atoms with Crippen molar-refractivity contribution in [1.82, 2.24) is 19.2 Å². The number of rotatable bonds is 9. The van der Waals surface area contributed by atoms with Gasteiger partial charge in [0.05, 0.1) is 22.8 Å². The summed E-state index contributed by atoms with van der Waals surface area (Å²) >= 11 is 1.25. The molecule has 0 unspecified atom stereocenters. The Labute approximate surface area is 205 Å². The minimum Gasteiger partial charge on any atom is -0.454 e. The standard InChI is InChI=1S/C24H25N5O5S/c1-15(2)32-11-5-10-28-22(31)17-6-3-4-7-18(17)29-23(28)26-27-24(29)35-13-21(30)25-16-8-9-19-20(12-16)34-14-33-19/h3-4,6-9,12,15H,5,10-11,13-14H2,1-2H3,(H,25,30). The van der Waals surface area contributed by atoms with E-state index in [1.807, 2.05) is 36.4 Å². The molecule has 0 fully saturated rings. The van der Waals surface area contributed by atoms with Crippen LogP contribution in [0, 0.1) is 0 Å². The molecule has 5 rings (SSSR count). The van der Waals surface area contributed by atoms with Gasteiger partial charge in [-0.3, -0.25) is 18.6 Å². The van der Waals surface area contributed by atoms with Crippen LogP contribution < -0.4 is 20.3 Å². The lowest BCUT2D eigenvalue weighted by Crippen LogP contribution is -2.24. The van der Waals surface area contributed by atoms with Crippen LogP contribution in [-0.4, -0.2) is 50.3 Å². The molecule has 2 aromatic heterocycles. The van der Waals surface area contributed by atoms with Gasteiger partial charge in [0.15, 0.2) is 16.7 Å². The van der Waals surface area contributed by atoms with Crippen molar-refractivity contribution in [2.75, 3.05) is 24.5 Å². The third-order valence-electron chi connectivity index (χ3n) is 5.44. The van der Waals surface area contributed by atoms with Crippen LogP contribution in [-0.2, 0) is 16.1 Å². The summed E-state index contributed by atoms with van der Waals surface area (Å²) in [6.07, 6.45) is 0.794. The lowest BCUT2D eigenvalue weighted by Gasteiger charge is -2.12. The maximum atomic E-state index is 13.2. The van der Waals surface area contributed by atoms with E-state index in [0.717, 1.165) is 0 Å². The molecule has 0 saturated heterocycles. The third-order valence-corrected chi connectivity index (χ3v) is 6.37. The first kappa shape index (κ1) is 23.2. The minimum absolute atomic E-state index is 0.116. The second-order valence-corrected chi connectivity index (χ2v) is 9.21. The molecule has 0 radical (unpaired) electrons. The molecule has 10 nitrogen and oxygen atoms in total. The zero-order valence-electron chi connectivity index (χ0n) is 19.4. The number of thioether (sulfide) groups is 1. The smallest absolute Gasteiger partial charge is 0.262 e. The van der Waals surface area contributed by atoms with Crippen LogP contribution in [0.2, 0.25) is 0 Å². The predicted octanol–water partition coefficient (Wildman–Crippen LogP) is 3.32. The quantitative estimate of drug-likeness (QED) is 0.278. The Balaban J connectivity index is 1.37. The maximum absolute atomic E-state index is 13.2. The van der Waals surface area contributed by atoms with Crippen molar-refractivity contribution in [2.24, 2.45) is 0 Å². The molecule has 0 saturated carbocycles. The molecule has 11 heteroatoms. The van der Waals surface area contributed by atoms with Crippen LogP contribution in [0.5, 0.6) is 11.5 Å². The normalized spacial score (nSPS) is 12.7. The molecule has 1 N–H and O–H groups in total. The highest BCUT2D eigenvalue weighted by Crippen LogP contribution is 2.34. The summed E-state index contributed by atoms with van der Waals surface area (Å²) in [4.78, 5) is 25.8. The van der Waals surface area contributed by atoms with E-state index in [-0.39, 0.29) is 30.1 Å². The molecule has 0 bridgehead atoms. The molecule has 35 heavy (non-hydrogen) atoms. The summed E-state index contributed by atoms with van der Waals surface area (Å²) in [6.45, 7) is 5.12. The Kier molecular flexibility index (Phi) is 6.60. The number of hydrogen-bond donors (Lipinski definition) is 1. The Bertz CT molecular complexity index is 1450. The first-order valence-corrected chi connectivity index (χ1v) is 12.3. The van der Waals surface area contributed by atoms with Crippen LogP contribution in [0.1, 0.15) is 20.3 Å². The number of para-hydroxylation sites is 1. The van der Waals surface area contributed by atoms with E-state index in [9.17, 15) is 9.59 Å².